The van der Waals surface area contributed by atoms with Crippen LogP contribution in [0.4, 0.5) is 4.39 Å². The first-order chi connectivity index (χ1) is 43.9. The van der Waals surface area contributed by atoms with Crippen LogP contribution in [-0.4, -0.2) is 285 Å². The average molecular weight is 1290 g/mol. The number of hydrogen-bond acceptors (Lipinski definition) is 22. The molecule has 2 aromatic carbocycles. The van der Waals surface area contributed by atoms with Crippen LogP contribution < -0.4 is 26.0 Å². The quantitative estimate of drug-likeness (QED) is 0.0226. The van der Waals surface area contributed by atoms with E-state index >= 15 is 0 Å². The molecule has 3 saturated heterocycles. The second-order valence-electron chi connectivity index (χ2n) is 22.6. The maximum atomic E-state index is 14.6. The van der Waals surface area contributed by atoms with Crippen LogP contribution in [-0.2, 0) is 63.8 Å². The number of amides is 6. The number of carboxylic acid groups (broad SMARTS) is 1. The summed E-state index contributed by atoms with van der Waals surface area (Å²) in [5, 5.41) is 30.7. The molecule has 3 fully saturated rings. The van der Waals surface area contributed by atoms with Gasteiger partial charge < -0.3 is 55.1 Å². The summed E-state index contributed by atoms with van der Waals surface area (Å²) in [6.07, 6.45) is 3.13. The maximum Gasteiger partial charge on any atom is 0.317 e. The number of fused-ring (bicyclic) bond motifs is 1. The number of carboxylic acids is 1. The Morgan fingerprint density at radius 3 is 2.09 bits per heavy atom. The van der Waals surface area contributed by atoms with Gasteiger partial charge in [-0.25, -0.2) is 4.39 Å². The lowest BCUT2D eigenvalue weighted by atomic mass is 10.1. The predicted octanol–water partition coefficient (Wildman–Crippen LogP) is -0.297. The van der Waals surface area contributed by atoms with Crippen LogP contribution in [0.3, 0.4) is 0 Å². The van der Waals surface area contributed by atoms with Crippen LogP contribution in [0.1, 0.15) is 54.9 Å². The zero-order valence-electron chi connectivity index (χ0n) is 51.6. The van der Waals surface area contributed by atoms with Gasteiger partial charge in [0.05, 0.1) is 63.5 Å². The molecule has 0 spiro atoms. The number of carbonyl (C=O) groups excluding carboxylic acids is 9. The Labute approximate surface area is 532 Å². The van der Waals surface area contributed by atoms with Crippen LogP contribution >= 0.6 is 11.8 Å². The Kier molecular flexibility index (Phi) is 30.0. The summed E-state index contributed by atoms with van der Waals surface area (Å²) in [7, 11) is 1.16. The molecule has 1 unspecified atom stereocenters. The van der Waals surface area contributed by atoms with E-state index in [1.165, 1.54) is 30.9 Å². The molecule has 4 atom stereocenters. The van der Waals surface area contributed by atoms with E-state index in [1.807, 2.05) is 46.2 Å². The lowest BCUT2D eigenvalue weighted by molar-refractivity contribution is -0.147. The molecule has 0 bridgehead atoms. The fourth-order valence-corrected chi connectivity index (χ4v) is 11.6. The number of aromatic nitrogens is 1. The largest absolute Gasteiger partial charge is 0.494 e. The van der Waals surface area contributed by atoms with Crippen molar-refractivity contribution in [3.63, 3.8) is 0 Å². The molecule has 28 nitrogen and oxygen atoms in total. The fraction of sp³-hybridized carbons (Fsp3) is 0.574. The minimum atomic E-state index is -1.70. The lowest BCUT2D eigenvalue weighted by Gasteiger charge is -2.36. The molecule has 4 heterocycles. The number of likely N-dealkylation sites (tertiary alicyclic amines) is 1. The number of esters is 1. The molecule has 496 valence electrons. The van der Waals surface area contributed by atoms with Crippen LogP contribution in [0.15, 0.2) is 60.8 Å². The summed E-state index contributed by atoms with van der Waals surface area (Å²) in [5.41, 5.74) is 0.164. The van der Waals surface area contributed by atoms with Gasteiger partial charge in [0.1, 0.15) is 43.0 Å². The maximum absolute atomic E-state index is 14.6. The number of nitrogens with one attached hydrogen (secondary N) is 4. The van der Waals surface area contributed by atoms with Gasteiger partial charge in [-0.2, -0.15) is 17.0 Å². The zero-order valence-corrected chi connectivity index (χ0v) is 52.5. The van der Waals surface area contributed by atoms with E-state index in [4.69, 9.17) is 18.9 Å². The molecule has 6 rings (SSSR count). The molecule has 5 N–H and O–H groups in total. The monoisotopic (exact) mass is 1290 g/mol. The van der Waals surface area contributed by atoms with Gasteiger partial charge in [-0.1, -0.05) is 30.3 Å². The number of halogens is 1. The summed E-state index contributed by atoms with van der Waals surface area (Å²) in [5.74, 6) is -4.12. The summed E-state index contributed by atoms with van der Waals surface area (Å²) in [4.78, 5) is 145. The summed E-state index contributed by atoms with van der Waals surface area (Å²) >= 11 is 1.28. The third-order valence-electron chi connectivity index (χ3n) is 15.6. The van der Waals surface area contributed by atoms with Crippen LogP contribution in [0, 0.1) is 11.3 Å². The minimum absolute atomic E-state index is 0.00487. The van der Waals surface area contributed by atoms with Crippen LogP contribution in [0.5, 0.6) is 5.75 Å². The molecular weight excluding hydrogens is 1210 g/mol. The molecule has 91 heavy (non-hydrogen) atoms. The smallest absolute Gasteiger partial charge is 0.317 e. The van der Waals surface area contributed by atoms with Crippen molar-refractivity contribution in [2.75, 3.05) is 156 Å². The van der Waals surface area contributed by atoms with Crippen molar-refractivity contribution in [1.29, 1.82) is 5.26 Å². The number of pyridine rings is 1. The highest BCUT2D eigenvalue weighted by atomic mass is 32.2. The van der Waals surface area contributed by atoms with Crippen LogP contribution in [0.25, 0.3) is 10.9 Å². The Hall–Kier alpha value is -8.08. The van der Waals surface area contributed by atoms with Crippen molar-refractivity contribution in [3.8, 4) is 11.8 Å². The number of thioether (sulfide) groups is 1. The Bertz CT molecular complexity index is 2960. The van der Waals surface area contributed by atoms with Crippen molar-refractivity contribution < 1.29 is 76.4 Å². The first-order valence-electron chi connectivity index (χ1n) is 30.3. The highest BCUT2D eigenvalue weighted by Crippen LogP contribution is 2.30. The van der Waals surface area contributed by atoms with Crippen molar-refractivity contribution in [2.24, 2.45) is 0 Å². The number of methoxy groups -OCH3 is 1. The Morgan fingerprint density at radius 1 is 0.802 bits per heavy atom. The van der Waals surface area contributed by atoms with E-state index in [0.29, 0.717) is 100 Å². The summed E-state index contributed by atoms with van der Waals surface area (Å²) in [6, 6.07) is 14.8. The van der Waals surface area contributed by atoms with Crippen molar-refractivity contribution in [3.05, 3.63) is 71.9 Å². The molecule has 0 radical (unpaired) electrons. The van der Waals surface area contributed by atoms with Crippen molar-refractivity contribution in [2.45, 2.75) is 69.2 Å². The van der Waals surface area contributed by atoms with E-state index < -0.39 is 78.2 Å². The predicted molar refractivity (Wildman–Crippen MR) is 330 cm³/mol. The number of carbonyl (C=O) groups is 10. The van der Waals surface area contributed by atoms with E-state index in [1.54, 1.807) is 32.9 Å². The molecule has 3 aliphatic rings. The van der Waals surface area contributed by atoms with Gasteiger partial charge in [-0.15, -0.1) is 0 Å². The van der Waals surface area contributed by atoms with Gasteiger partial charge in [-0.05, 0) is 56.0 Å². The van der Waals surface area contributed by atoms with Crippen molar-refractivity contribution in [1.82, 2.24) is 60.6 Å². The van der Waals surface area contributed by atoms with E-state index in [2.05, 4.69) is 31.2 Å². The SMILES string of the molecule is COC(=O)C[C@H](NC(=O)[C@H](CSCCNC(=O)CCCc1ccccc1)NC(=O)CN1CCN(COC=O)CCN(COC=O)CCN(CC(=O)O)CC1)C(=O)N1CCN(CCCOc2ccc3nccc(C(=O)NCC(=O)N4CC(C)(F)C[C@@H]4C#N)c3c2)CC1. The molecule has 0 aliphatic carbocycles. The van der Waals surface area contributed by atoms with Gasteiger partial charge in [0.2, 0.25) is 29.5 Å². The highest BCUT2D eigenvalue weighted by Gasteiger charge is 2.43. The molecule has 6 amide bonds. The van der Waals surface area contributed by atoms with E-state index in [0.717, 1.165) is 24.0 Å². The summed E-state index contributed by atoms with van der Waals surface area (Å²) in [6.45, 7) is 5.47. The number of hydrogen-bond donors (Lipinski definition) is 5. The number of piperazine rings is 1. The topological polar surface area (TPSA) is 335 Å². The third kappa shape index (κ3) is 24.9. The summed E-state index contributed by atoms with van der Waals surface area (Å²) < 4.78 is 35.7. The highest BCUT2D eigenvalue weighted by molar-refractivity contribution is 7.99. The normalized spacial score (nSPS) is 18.9. The second kappa shape index (κ2) is 37.9. The third-order valence-corrected chi connectivity index (χ3v) is 16.7. The molecule has 3 aliphatic heterocycles. The average Bonchev–Trinajstić information content (AvgIpc) is 1.97. The van der Waals surface area contributed by atoms with Gasteiger partial charge in [0.15, 0.2) is 0 Å². The first kappa shape index (κ1) is 72.0. The molecular formula is C61H84FN13O15S. The number of nitriles is 1. The Balaban J connectivity index is 1.05. The molecule has 1 aromatic heterocycles. The Morgan fingerprint density at radius 2 is 1.45 bits per heavy atom. The second-order valence-corrected chi connectivity index (χ2v) is 23.7. The number of aliphatic carboxylic acids is 1. The fourth-order valence-electron chi connectivity index (χ4n) is 10.7. The van der Waals surface area contributed by atoms with E-state index in [9.17, 15) is 62.7 Å². The minimum Gasteiger partial charge on any atom is -0.494 e. The zero-order chi connectivity index (χ0) is 65.5. The number of benzene rings is 2. The number of alkyl halides is 1. The lowest BCUT2D eigenvalue weighted by Crippen LogP contribution is -2.59. The van der Waals surface area contributed by atoms with Gasteiger partial charge in [0.25, 0.3) is 18.9 Å². The van der Waals surface area contributed by atoms with Crippen molar-refractivity contribution >= 4 is 83.0 Å². The van der Waals surface area contributed by atoms with E-state index in [-0.39, 0.29) is 109 Å². The number of aryl methyl sites for hydroxylation is 1. The number of ether oxygens (including phenoxy) is 4. The standard InChI is InChI=1S/C61H84FN13O15S/c1-61(62)34-46(35-63)75(40-61)55(80)36-66-58(84)48-14-15-64-50-13-12-47(32-49(48)50)90-30-7-17-69-26-28-74(29-27-69)60(86)51(33-57(83)87-2)68-59(85)52(39-91-31-16-65-53(78)11-6-10-45-8-4-3-5-9-45)67-54(79)37-70-18-19-71(38-56(81)82)21-23-73(42-89-44-77)25-24-72(22-20-70)41-88-43-76/h3-5,8-9,12-15,32,43-44,46,51-52H,6-7,10-11,16-31,33-34,36-42H2,1-2H3,(H,65,78)(H,66,84)(H,67,79)(H,68,85)(H,81,82)/t46-,51+,52+,61?/m1/s1. The number of rotatable bonds is 33. The first-order valence-corrected chi connectivity index (χ1v) is 31.5. The van der Waals surface area contributed by atoms with Gasteiger partial charge in [0, 0.05) is 128 Å². The molecule has 3 aromatic rings. The molecule has 0 saturated carbocycles. The van der Waals surface area contributed by atoms with Gasteiger partial charge >= 0.3 is 11.9 Å². The van der Waals surface area contributed by atoms with Crippen LogP contribution in [0.2, 0.25) is 0 Å². The molecule has 30 heteroatoms. The number of nitrogens with zero attached hydrogens (tertiary/aromatic N) is 9. The van der Waals surface area contributed by atoms with Gasteiger partial charge in [-0.3, -0.25) is 77.4 Å².